The molecule has 0 bridgehead atoms. The highest BCUT2D eigenvalue weighted by atomic mass is 35.5. The fraction of sp³-hybridized carbons (Fsp3) is 0.588. The Morgan fingerprint density at radius 1 is 1.41 bits per heavy atom. The van der Waals surface area contributed by atoms with Crippen LogP contribution in [0.4, 0.5) is 0 Å². The van der Waals surface area contributed by atoms with Gasteiger partial charge in [0.2, 0.25) is 0 Å². The van der Waals surface area contributed by atoms with Crippen LogP contribution in [0.3, 0.4) is 0 Å². The van der Waals surface area contributed by atoms with Crippen LogP contribution in [0.5, 0.6) is 5.75 Å². The summed E-state index contributed by atoms with van der Waals surface area (Å²) in [5, 5.41) is 3.76. The average Bonchev–Trinajstić information content (AvgIpc) is 2.49. The minimum absolute atomic E-state index is 0.0432. The molecule has 1 aliphatic rings. The summed E-state index contributed by atoms with van der Waals surface area (Å²) < 4.78 is 5.58. The predicted octanol–water partition coefficient (Wildman–Crippen LogP) is 1.60. The number of likely N-dealkylation sites (tertiary alicyclic amines) is 1. The topological polar surface area (TPSA) is 42.8 Å². The number of carbonyl (C=O) groups is 1. The average molecular weight is 326 g/mol. The van der Waals surface area contributed by atoms with E-state index in [9.17, 15) is 4.79 Å². The molecule has 2 N–H and O–H groups in total. The highest BCUT2D eigenvalue weighted by Crippen LogP contribution is 2.21. The number of nitrogens with one attached hydrogen (secondary N) is 2. The molecule has 1 saturated heterocycles. The monoisotopic (exact) mass is 325 g/mol. The van der Waals surface area contributed by atoms with Crippen LogP contribution in [-0.2, 0) is 4.79 Å². The summed E-state index contributed by atoms with van der Waals surface area (Å²) in [6.45, 7) is 7.73. The van der Waals surface area contributed by atoms with Crippen LogP contribution in [0.15, 0.2) is 18.2 Å². The molecule has 0 aliphatic carbocycles. The number of carbonyl (C=O) groups excluding carboxylic acids is 1. The van der Waals surface area contributed by atoms with Gasteiger partial charge in [-0.05, 0) is 37.1 Å². The third-order valence-corrected chi connectivity index (χ3v) is 4.39. The third kappa shape index (κ3) is 5.18. The van der Waals surface area contributed by atoms with Gasteiger partial charge < -0.3 is 15.0 Å². The van der Waals surface area contributed by atoms with Crippen LogP contribution in [0.25, 0.3) is 0 Å². The van der Waals surface area contributed by atoms with E-state index in [0.717, 1.165) is 31.5 Å². The number of hydrogen-bond donors (Lipinski definition) is 2. The summed E-state index contributed by atoms with van der Waals surface area (Å²) in [7, 11) is 0. The van der Waals surface area contributed by atoms with Gasteiger partial charge in [0.05, 0.1) is 19.6 Å². The molecule has 2 rings (SSSR count). The molecule has 0 radical (unpaired) electrons. The minimum atomic E-state index is -0.0432. The van der Waals surface area contributed by atoms with Gasteiger partial charge in [0, 0.05) is 23.9 Å². The van der Waals surface area contributed by atoms with Gasteiger partial charge in [0.25, 0.3) is 5.91 Å². The maximum atomic E-state index is 12.0. The molecule has 0 atom stereocenters. The largest absolute Gasteiger partial charge is 0.484 e. The van der Waals surface area contributed by atoms with Crippen LogP contribution in [0.2, 0.25) is 5.02 Å². The van der Waals surface area contributed by atoms with E-state index in [1.807, 2.05) is 13.0 Å². The molecule has 0 unspecified atom stereocenters. The number of hydrogen-bond acceptors (Lipinski definition) is 2. The Morgan fingerprint density at radius 3 is 2.77 bits per heavy atom. The molecule has 0 saturated carbocycles. The second-order valence-corrected chi connectivity index (χ2v) is 6.48. The van der Waals surface area contributed by atoms with Gasteiger partial charge in [0.1, 0.15) is 5.75 Å². The van der Waals surface area contributed by atoms with Crippen LogP contribution < -0.4 is 15.0 Å². The lowest BCUT2D eigenvalue weighted by atomic mass is 10.0. The third-order valence-electron chi connectivity index (χ3n) is 4.16. The standard InChI is InChI=1S/C17H25ClN2O2/c1-3-8-20-9-6-15(7-10-20)19-17(21)12-22-16-5-4-14(18)11-13(16)2/h4-5,11,15H,3,6-10,12H2,1-2H3,(H,19,21)/p+1. The fourth-order valence-corrected chi connectivity index (χ4v) is 3.19. The van der Waals surface area contributed by atoms with Crippen LogP contribution in [0.1, 0.15) is 31.7 Å². The van der Waals surface area contributed by atoms with Gasteiger partial charge in [-0.15, -0.1) is 0 Å². The zero-order valence-corrected chi connectivity index (χ0v) is 14.2. The van der Waals surface area contributed by atoms with Crippen molar-refractivity contribution in [3.05, 3.63) is 28.8 Å². The molecule has 22 heavy (non-hydrogen) atoms. The van der Waals surface area contributed by atoms with Gasteiger partial charge in [-0.3, -0.25) is 4.79 Å². The zero-order chi connectivity index (χ0) is 15.9. The molecule has 0 aromatic heterocycles. The van der Waals surface area contributed by atoms with E-state index in [-0.39, 0.29) is 12.5 Å². The molecule has 1 heterocycles. The summed E-state index contributed by atoms with van der Waals surface area (Å²) in [6, 6.07) is 5.70. The maximum Gasteiger partial charge on any atom is 0.258 e. The molecule has 1 aromatic rings. The second kappa shape index (κ2) is 8.39. The molecule has 122 valence electrons. The molecule has 1 amide bonds. The number of benzene rings is 1. The van der Waals surface area contributed by atoms with Crippen molar-refractivity contribution in [1.82, 2.24) is 5.32 Å². The molecule has 1 aliphatic heterocycles. The van der Waals surface area contributed by atoms with E-state index in [0.29, 0.717) is 16.8 Å². The van der Waals surface area contributed by atoms with Crippen molar-refractivity contribution in [3.8, 4) is 5.75 Å². The lowest BCUT2D eigenvalue weighted by Crippen LogP contribution is -3.13. The van der Waals surface area contributed by atoms with Crippen LogP contribution in [-0.4, -0.2) is 38.2 Å². The van der Waals surface area contributed by atoms with E-state index in [1.54, 1.807) is 17.0 Å². The van der Waals surface area contributed by atoms with Crippen molar-refractivity contribution in [1.29, 1.82) is 0 Å². The number of amides is 1. The van der Waals surface area contributed by atoms with Crippen LogP contribution in [0, 0.1) is 6.92 Å². The number of aryl methyl sites for hydroxylation is 1. The summed E-state index contributed by atoms with van der Waals surface area (Å²) >= 11 is 5.91. The minimum Gasteiger partial charge on any atom is -0.484 e. The number of piperidine rings is 1. The normalized spacial score (nSPS) is 21.4. The van der Waals surface area contributed by atoms with Gasteiger partial charge in [-0.1, -0.05) is 18.5 Å². The van der Waals surface area contributed by atoms with Crippen molar-refractivity contribution in [3.63, 3.8) is 0 Å². The maximum absolute atomic E-state index is 12.0. The van der Waals surface area contributed by atoms with Gasteiger partial charge in [-0.25, -0.2) is 0 Å². The Morgan fingerprint density at radius 2 is 2.14 bits per heavy atom. The molecular weight excluding hydrogens is 300 g/mol. The van der Waals surface area contributed by atoms with E-state index in [4.69, 9.17) is 16.3 Å². The first-order valence-corrected chi connectivity index (χ1v) is 8.48. The van der Waals surface area contributed by atoms with Gasteiger partial charge in [0.15, 0.2) is 6.61 Å². The summed E-state index contributed by atoms with van der Waals surface area (Å²) in [6.07, 6.45) is 3.34. The number of ether oxygens (including phenoxy) is 1. The lowest BCUT2D eigenvalue weighted by Gasteiger charge is -2.29. The predicted molar refractivity (Wildman–Crippen MR) is 88.7 cm³/mol. The first-order valence-electron chi connectivity index (χ1n) is 8.10. The van der Waals surface area contributed by atoms with Crippen molar-refractivity contribution >= 4 is 17.5 Å². The van der Waals surface area contributed by atoms with E-state index < -0.39 is 0 Å². The first-order chi connectivity index (χ1) is 10.6. The number of rotatable bonds is 6. The van der Waals surface area contributed by atoms with Gasteiger partial charge >= 0.3 is 0 Å². The van der Waals surface area contributed by atoms with E-state index >= 15 is 0 Å². The van der Waals surface area contributed by atoms with Crippen LogP contribution >= 0.6 is 11.6 Å². The summed E-state index contributed by atoms with van der Waals surface area (Å²) in [4.78, 5) is 13.7. The molecule has 0 spiro atoms. The van der Waals surface area contributed by atoms with Crippen molar-refractivity contribution in [2.24, 2.45) is 0 Å². The Hall–Kier alpha value is -1.26. The highest BCUT2D eigenvalue weighted by Gasteiger charge is 2.22. The first kappa shape index (κ1) is 17.1. The van der Waals surface area contributed by atoms with E-state index in [1.165, 1.54) is 13.0 Å². The zero-order valence-electron chi connectivity index (χ0n) is 13.5. The van der Waals surface area contributed by atoms with Crippen molar-refractivity contribution in [2.75, 3.05) is 26.2 Å². The molecule has 1 fully saturated rings. The van der Waals surface area contributed by atoms with Gasteiger partial charge in [-0.2, -0.15) is 0 Å². The number of halogens is 1. The summed E-state index contributed by atoms with van der Waals surface area (Å²) in [5.41, 5.74) is 0.941. The summed E-state index contributed by atoms with van der Waals surface area (Å²) in [5.74, 6) is 0.667. The quantitative estimate of drug-likeness (QED) is 0.834. The molecule has 4 nitrogen and oxygen atoms in total. The second-order valence-electron chi connectivity index (χ2n) is 6.04. The fourth-order valence-electron chi connectivity index (χ4n) is 2.96. The Kier molecular flexibility index (Phi) is 6.52. The Labute approximate surface area is 137 Å². The van der Waals surface area contributed by atoms with Crippen molar-refractivity contribution in [2.45, 2.75) is 39.2 Å². The Balaban J connectivity index is 1.72. The highest BCUT2D eigenvalue weighted by molar-refractivity contribution is 6.30. The molecule has 5 heteroatoms. The molecule has 1 aromatic carbocycles. The molecular formula is C17H26ClN2O2+. The number of quaternary nitrogens is 1. The Bertz CT molecular complexity index is 499. The smallest absolute Gasteiger partial charge is 0.258 e. The lowest BCUT2D eigenvalue weighted by molar-refractivity contribution is -0.905. The SMILES string of the molecule is CCC[NH+]1CCC(NC(=O)COc2ccc(Cl)cc2C)CC1. The van der Waals surface area contributed by atoms with Crippen molar-refractivity contribution < 1.29 is 14.4 Å². The van der Waals surface area contributed by atoms with E-state index in [2.05, 4.69) is 12.2 Å².